The van der Waals surface area contributed by atoms with Gasteiger partial charge in [0, 0.05) is 25.7 Å². The maximum absolute atomic E-state index is 6.21. The van der Waals surface area contributed by atoms with Crippen LogP contribution in [0, 0.1) is 5.92 Å². The molecule has 170 valence electrons. The molecule has 4 nitrogen and oxygen atoms in total. The summed E-state index contributed by atoms with van der Waals surface area (Å²) in [5, 5.41) is 0. The molecule has 2 bridgehead atoms. The van der Waals surface area contributed by atoms with Crippen LogP contribution in [0.25, 0.3) is 0 Å². The van der Waals surface area contributed by atoms with Gasteiger partial charge in [-0.3, -0.25) is 0 Å². The van der Waals surface area contributed by atoms with E-state index in [0.29, 0.717) is 5.92 Å². The van der Waals surface area contributed by atoms with Gasteiger partial charge in [-0.1, -0.05) is 57.4 Å². The zero-order chi connectivity index (χ0) is 22.2. The van der Waals surface area contributed by atoms with Gasteiger partial charge in [0.2, 0.25) is 0 Å². The number of benzene rings is 2. The summed E-state index contributed by atoms with van der Waals surface area (Å²) in [5.74, 6) is 2.54. The molecule has 0 fully saturated rings. The molecule has 0 radical (unpaired) electrons. The molecule has 2 aliphatic carbocycles. The maximum Gasteiger partial charge on any atom is 0.122 e. The summed E-state index contributed by atoms with van der Waals surface area (Å²) in [6, 6.07) is 14.8. The molecule has 0 N–H and O–H groups in total. The third-order valence-corrected chi connectivity index (χ3v) is 6.62. The highest BCUT2D eigenvalue weighted by Gasteiger charge is 2.34. The second kappa shape index (κ2) is 11.5. The first kappa shape index (κ1) is 23.6. The van der Waals surface area contributed by atoms with Crippen LogP contribution in [0.1, 0.15) is 80.8 Å². The molecule has 2 aliphatic rings. The van der Waals surface area contributed by atoms with Crippen LogP contribution in [0.3, 0.4) is 0 Å². The van der Waals surface area contributed by atoms with Crippen molar-refractivity contribution in [3.63, 3.8) is 0 Å². The molecule has 0 aliphatic heterocycles. The third kappa shape index (κ3) is 5.61. The average molecular weight is 427 g/mol. The lowest BCUT2D eigenvalue weighted by Gasteiger charge is -2.28. The highest BCUT2D eigenvalue weighted by atomic mass is 16.5. The van der Waals surface area contributed by atoms with Gasteiger partial charge in [-0.15, -0.1) is 0 Å². The molecular weight excluding hydrogens is 388 g/mol. The molecular formula is C27H38O4. The first-order valence-electron chi connectivity index (χ1n) is 11.6. The third-order valence-electron chi connectivity index (χ3n) is 6.62. The number of hydrogen-bond donors (Lipinski definition) is 0. The van der Waals surface area contributed by atoms with E-state index in [4.69, 9.17) is 18.9 Å². The second-order valence-electron chi connectivity index (χ2n) is 8.52. The van der Waals surface area contributed by atoms with E-state index in [1.807, 2.05) is 6.07 Å². The normalized spacial score (nSPS) is 19.6. The Labute approximate surface area is 187 Å². The van der Waals surface area contributed by atoms with E-state index in [0.717, 1.165) is 47.6 Å². The lowest BCUT2D eigenvalue weighted by atomic mass is 9.86. The van der Waals surface area contributed by atoms with Crippen molar-refractivity contribution in [1.82, 2.24) is 0 Å². The van der Waals surface area contributed by atoms with Crippen LogP contribution in [-0.4, -0.2) is 27.9 Å². The van der Waals surface area contributed by atoms with Crippen molar-refractivity contribution in [2.24, 2.45) is 5.92 Å². The summed E-state index contributed by atoms with van der Waals surface area (Å²) in [6.45, 7) is 5.26. The zero-order valence-corrected chi connectivity index (χ0v) is 19.7. The molecule has 2 aromatic carbocycles. The molecule has 0 spiro atoms. The van der Waals surface area contributed by atoms with Gasteiger partial charge in [0.25, 0.3) is 0 Å². The maximum atomic E-state index is 6.21. The second-order valence-corrected chi connectivity index (χ2v) is 8.52. The quantitative estimate of drug-likeness (QED) is 0.372. The largest absolute Gasteiger partial charge is 0.496 e. The Morgan fingerprint density at radius 2 is 1.87 bits per heavy atom. The molecule has 0 heterocycles. The molecule has 4 rings (SSSR count). The Balaban J connectivity index is 1.81. The molecule has 0 aromatic heterocycles. The van der Waals surface area contributed by atoms with Crippen LogP contribution in [-0.2, 0) is 9.47 Å². The first-order valence-corrected chi connectivity index (χ1v) is 11.6. The van der Waals surface area contributed by atoms with Crippen LogP contribution < -0.4 is 9.47 Å². The predicted octanol–water partition coefficient (Wildman–Crippen LogP) is 6.85. The van der Waals surface area contributed by atoms with Gasteiger partial charge >= 0.3 is 0 Å². The minimum absolute atomic E-state index is 0.0207. The number of fused-ring (bicyclic) bond motifs is 4. The van der Waals surface area contributed by atoms with Crippen molar-refractivity contribution in [3.05, 3.63) is 59.2 Å². The predicted molar refractivity (Wildman–Crippen MR) is 125 cm³/mol. The fourth-order valence-corrected chi connectivity index (χ4v) is 4.67. The minimum Gasteiger partial charge on any atom is -0.496 e. The number of hydrogen-bond acceptors (Lipinski definition) is 4. The lowest BCUT2D eigenvalue weighted by Crippen LogP contribution is -2.16. The summed E-state index contributed by atoms with van der Waals surface area (Å²) >= 11 is 0. The van der Waals surface area contributed by atoms with Crippen LogP contribution in [0.2, 0.25) is 0 Å². The highest BCUT2D eigenvalue weighted by molar-refractivity contribution is 5.45. The van der Waals surface area contributed by atoms with Crippen molar-refractivity contribution in [3.8, 4) is 11.5 Å². The Morgan fingerprint density at radius 3 is 2.55 bits per heavy atom. The average Bonchev–Trinajstić information content (AvgIpc) is 3.08. The smallest absolute Gasteiger partial charge is 0.122 e. The minimum atomic E-state index is -0.112. The van der Waals surface area contributed by atoms with E-state index < -0.39 is 0 Å². The van der Waals surface area contributed by atoms with Crippen molar-refractivity contribution in [2.75, 3.05) is 27.9 Å². The topological polar surface area (TPSA) is 36.9 Å². The van der Waals surface area contributed by atoms with Crippen LogP contribution in [0.5, 0.6) is 11.5 Å². The number of unbranched alkanes of at least 4 members (excludes halogenated alkanes) is 1. The van der Waals surface area contributed by atoms with Crippen molar-refractivity contribution in [2.45, 2.75) is 64.1 Å². The van der Waals surface area contributed by atoms with Gasteiger partial charge in [-0.05, 0) is 48.1 Å². The van der Waals surface area contributed by atoms with E-state index in [2.05, 4.69) is 50.2 Å². The SMILES string of the molecule is CCCCC(CC)COc1cccc(C(OC)C2CC(OC)c3ccc2c(OC)c3)c1. The monoisotopic (exact) mass is 426 g/mol. The molecule has 0 amide bonds. The number of methoxy groups -OCH3 is 3. The van der Waals surface area contributed by atoms with Crippen LogP contribution in [0.15, 0.2) is 42.5 Å². The highest BCUT2D eigenvalue weighted by Crippen LogP contribution is 2.48. The van der Waals surface area contributed by atoms with E-state index in [-0.39, 0.29) is 18.1 Å². The van der Waals surface area contributed by atoms with Gasteiger partial charge in [0.15, 0.2) is 0 Å². The van der Waals surface area contributed by atoms with Crippen LogP contribution in [0.4, 0.5) is 0 Å². The summed E-state index contributed by atoms with van der Waals surface area (Å²) in [4.78, 5) is 0. The molecule has 0 saturated heterocycles. The summed E-state index contributed by atoms with van der Waals surface area (Å²) in [7, 11) is 5.28. The Kier molecular flexibility index (Phi) is 8.79. The van der Waals surface area contributed by atoms with Crippen molar-refractivity contribution < 1.29 is 18.9 Å². The van der Waals surface area contributed by atoms with E-state index in [1.165, 1.54) is 19.3 Å². The van der Waals surface area contributed by atoms with Gasteiger partial charge < -0.3 is 18.9 Å². The zero-order valence-electron chi connectivity index (χ0n) is 19.7. The molecule has 0 saturated carbocycles. The van der Waals surface area contributed by atoms with Gasteiger partial charge in [-0.25, -0.2) is 0 Å². The standard InChI is InChI=1S/C27H38O4/c1-6-8-10-19(7-2)18-31-22-12-9-11-21(15-22)27(30-5)24-17-25(28-3)20-13-14-23(24)26(16-20)29-4/h9,11-16,19,24-25,27H,6-8,10,17-18H2,1-5H3. The van der Waals surface area contributed by atoms with Crippen molar-refractivity contribution >= 4 is 0 Å². The first-order chi connectivity index (χ1) is 15.1. The molecule has 2 aromatic rings. The lowest BCUT2D eigenvalue weighted by molar-refractivity contribution is 0.0382. The Hall–Kier alpha value is -2.04. The van der Waals surface area contributed by atoms with E-state index in [1.54, 1.807) is 21.3 Å². The Bertz CT molecular complexity index is 819. The summed E-state index contributed by atoms with van der Waals surface area (Å²) in [5.41, 5.74) is 3.43. The summed E-state index contributed by atoms with van der Waals surface area (Å²) < 4.78 is 23.8. The van der Waals surface area contributed by atoms with Gasteiger partial charge in [0.1, 0.15) is 11.5 Å². The van der Waals surface area contributed by atoms with E-state index in [9.17, 15) is 0 Å². The molecule has 4 unspecified atom stereocenters. The van der Waals surface area contributed by atoms with Crippen LogP contribution >= 0.6 is 0 Å². The fourth-order valence-electron chi connectivity index (χ4n) is 4.67. The molecule has 4 atom stereocenters. The van der Waals surface area contributed by atoms with Gasteiger partial charge in [0.05, 0.1) is 25.9 Å². The number of ether oxygens (including phenoxy) is 4. The summed E-state index contributed by atoms with van der Waals surface area (Å²) in [6.07, 6.45) is 5.62. The molecule has 4 heteroatoms. The van der Waals surface area contributed by atoms with E-state index >= 15 is 0 Å². The fraction of sp³-hybridized carbons (Fsp3) is 0.556. The van der Waals surface area contributed by atoms with Gasteiger partial charge in [-0.2, -0.15) is 0 Å². The Morgan fingerprint density at radius 1 is 1.03 bits per heavy atom. The van der Waals surface area contributed by atoms with Crippen molar-refractivity contribution in [1.29, 1.82) is 0 Å². The molecule has 31 heavy (non-hydrogen) atoms. The number of rotatable bonds is 12.